The fraction of sp³-hybridized carbons (Fsp3) is 0.429. The molecule has 1 aromatic carbocycles. The molecule has 0 saturated carbocycles. The average Bonchev–Trinajstić information content (AvgIpc) is 2.83. The zero-order valence-corrected chi connectivity index (χ0v) is 11.0. The fourth-order valence-corrected chi connectivity index (χ4v) is 2.43. The van der Waals surface area contributed by atoms with Gasteiger partial charge in [-0.05, 0) is 36.0 Å². The van der Waals surface area contributed by atoms with Gasteiger partial charge in [-0.15, -0.1) is 0 Å². The van der Waals surface area contributed by atoms with Crippen LogP contribution in [0.1, 0.15) is 23.1 Å². The fourth-order valence-electron chi connectivity index (χ4n) is 2.43. The molecule has 0 unspecified atom stereocenters. The first kappa shape index (κ1) is 15.3. The molecule has 0 radical (unpaired) electrons. The largest absolute Gasteiger partial charge is 0.480 e. The highest BCUT2D eigenvalue weighted by Crippen LogP contribution is 2.23. The number of aliphatic carboxylic acids is 1. The first-order chi connectivity index (χ1) is 9.77. The van der Waals surface area contributed by atoms with Crippen molar-refractivity contribution >= 4 is 11.9 Å². The number of rotatable bonds is 4. The summed E-state index contributed by atoms with van der Waals surface area (Å²) in [6.45, 7) is 0. The topological polar surface area (TPSA) is 66.4 Å². The van der Waals surface area contributed by atoms with Crippen molar-refractivity contribution < 1.29 is 27.9 Å². The number of halogens is 3. The summed E-state index contributed by atoms with van der Waals surface area (Å²) >= 11 is 0. The van der Waals surface area contributed by atoms with Gasteiger partial charge >= 0.3 is 18.1 Å². The Balaban J connectivity index is 2.10. The number of fused-ring (bicyclic) bond motifs is 1. The summed E-state index contributed by atoms with van der Waals surface area (Å²) in [6.07, 6.45) is -2.40. The third-order valence-electron chi connectivity index (χ3n) is 3.46. The first-order valence-corrected chi connectivity index (χ1v) is 6.48. The third-order valence-corrected chi connectivity index (χ3v) is 3.46. The van der Waals surface area contributed by atoms with Crippen molar-refractivity contribution in [2.45, 2.75) is 37.9 Å². The van der Waals surface area contributed by atoms with E-state index in [1.807, 2.05) is 6.07 Å². The molecule has 114 valence electrons. The summed E-state index contributed by atoms with van der Waals surface area (Å²) in [7, 11) is 0. The lowest BCUT2D eigenvalue weighted by Gasteiger charge is -2.16. The Morgan fingerprint density at radius 1 is 1.24 bits per heavy atom. The number of alkyl halides is 3. The van der Waals surface area contributed by atoms with Gasteiger partial charge in [-0.1, -0.05) is 18.2 Å². The van der Waals surface area contributed by atoms with Gasteiger partial charge in [-0.2, -0.15) is 13.2 Å². The summed E-state index contributed by atoms with van der Waals surface area (Å²) in [5.41, 5.74) is 2.88. The van der Waals surface area contributed by atoms with Gasteiger partial charge in [-0.25, -0.2) is 4.79 Å². The smallest absolute Gasteiger partial charge is 0.471 e. The van der Waals surface area contributed by atoms with Gasteiger partial charge in [0.15, 0.2) is 0 Å². The third kappa shape index (κ3) is 3.74. The zero-order valence-electron chi connectivity index (χ0n) is 11.0. The van der Waals surface area contributed by atoms with Crippen molar-refractivity contribution in [1.29, 1.82) is 0 Å². The number of hydrogen-bond donors (Lipinski definition) is 2. The van der Waals surface area contributed by atoms with Crippen LogP contribution in [0.2, 0.25) is 0 Å². The predicted octanol–water partition coefficient (Wildman–Crippen LogP) is 1.85. The van der Waals surface area contributed by atoms with Crippen LogP contribution in [0.5, 0.6) is 0 Å². The average molecular weight is 301 g/mol. The van der Waals surface area contributed by atoms with Crippen molar-refractivity contribution in [2.24, 2.45) is 0 Å². The van der Waals surface area contributed by atoms with Crippen LogP contribution in [0, 0.1) is 0 Å². The van der Waals surface area contributed by atoms with Gasteiger partial charge in [0.25, 0.3) is 0 Å². The Morgan fingerprint density at radius 3 is 2.52 bits per heavy atom. The van der Waals surface area contributed by atoms with Crippen LogP contribution in [-0.4, -0.2) is 29.2 Å². The molecule has 1 aliphatic carbocycles. The molecule has 1 aliphatic rings. The SMILES string of the molecule is O=C(O)[C@H](Cc1ccc2c(c1)CCC2)NC(=O)C(F)(F)F. The van der Waals surface area contributed by atoms with Crippen molar-refractivity contribution in [3.63, 3.8) is 0 Å². The molecule has 1 atom stereocenters. The van der Waals surface area contributed by atoms with Crippen LogP contribution in [0.3, 0.4) is 0 Å². The van der Waals surface area contributed by atoms with Gasteiger partial charge in [-0.3, -0.25) is 4.79 Å². The van der Waals surface area contributed by atoms with Crippen LogP contribution in [0.4, 0.5) is 13.2 Å². The lowest BCUT2D eigenvalue weighted by Crippen LogP contribution is -2.47. The van der Waals surface area contributed by atoms with Crippen molar-refractivity contribution in [2.75, 3.05) is 0 Å². The predicted molar refractivity (Wildman–Crippen MR) is 67.8 cm³/mol. The molecule has 4 nitrogen and oxygen atoms in total. The number of hydrogen-bond acceptors (Lipinski definition) is 2. The molecule has 1 amide bonds. The van der Waals surface area contributed by atoms with E-state index in [2.05, 4.69) is 0 Å². The minimum atomic E-state index is -5.09. The molecule has 0 fully saturated rings. The number of benzene rings is 1. The molecule has 0 aromatic heterocycles. The zero-order chi connectivity index (χ0) is 15.6. The van der Waals surface area contributed by atoms with Crippen molar-refractivity contribution in [3.05, 3.63) is 34.9 Å². The van der Waals surface area contributed by atoms with Gasteiger partial charge in [0.2, 0.25) is 0 Å². The Labute approximate surface area is 119 Å². The van der Waals surface area contributed by atoms with Crippen LogP contribution in [-0.2, 0) is 28.9 Å². The summed E-state index contributed by atoms with van der Waals surface area (Å²) in [4.78, 5) is 21.9. The van der Waals surface area contributed by atoms with Gasteiger partial charge in [0.1, 0.15) is 6.04 Å². The lowest BCUT2D eigenvalue weighted by molar-refractivity contribution is -0.175. The molecule has 1 aromatic rings. The lowest BCUT2D eigenvalue weighted by atomic mass is 10.0. The van der Waals surface area contributed by atoms with Gasteiger partial charge in [0, 0.05) is 6.42 Å². The number of carbonyl (C=O) groups is 2. The van der Waals surface area contributed by atoms with E-state index in [1.165, 1.54) is 10.9 Å². The first-order valence-electron chi connectivity index (χ1n) is 6.48. The molecule has 2 rings (SSSR count). The van der Waals surface area contributed by atoms with E-state index in [-0.39, 0.29) is 6.42 Å². The molecular formula is C14H14F3NO3. The van der Waals surface area contributed by atoms with Crippen LogP contribution in [0.25, 0.3) is 0 Å². The Kier molecular flexibility index (Phi) is 4.20. The highest BCUT2D eigenvalue weighted by Gasteiger charge is 2.40. The minimum absolute atomic E-state index is 0.176. The van der Waals surface area contributed by atoms with Crippen molar-refractivity contribution in [3.8, 4) is 0 Å². The second kappa shape index (κ2) is 5.75. The quantitative estimate of drug-likeness (QED) is 0.892. The molecule has 21 heavy (non-hydrogen) atoms. The van der Waals surface area contributed by atoms with E-state index in [1.54, 1.807) is 12.1 Å². The molecule has 0 bridgehead atoms. The van der Waals surface area contributed by atoms with E-state index in [4.69, 9.17) is 5.11 Å². The summed E-state index contributed by atoms with van der Waals surface area (Å²) in [5, 5.41) is 10.5. The maximum Gasteiger partial charge on any atom is 0.471 e. The normalized spacial score (nSPS) is 15.4. The number of amides is 1. The van der Waals surface area contributed by atoms with E-state index in [0.717, 1.165) is 24.8 Å². The minimum Gasteiger partial charge on any atom is -0.480 e. The standard InChI is InChI=1S/C14H14F3NO3/c15-14(16,17)13(21)18-11(12(19)20)7-8-4-5-9-2-1-3-10(9)6-8/h4-6,11H,1-3,7H2,(H,18,21)(H,19,20)/t11-/m0/s1. The number of carbonyl (C=O) groups excluding carboxylic acids is 1. The number of nitrogens with one attached hydrogen (secondary N) is 1. The number of aryl methyl sites for hydroxylation is 2. The maximum absolute atomic E-state index is 12.2. The van der Waals surface area contributed by atoms with E-state index >= 15 is 0 Å². The Hall–Kier alpha value is -2.05. The molecule has 0 heterocycles. The van der Waals surface area contributed by atoms with Gasteiger partial charge < -0.3 is 10.4 Å². The summed E-state index contributed by atoms with van der Waals surface area (Å²) in [6, 6.07) is 3.76. The summed E-state index contributed by atoms with van der Waals surface area (Å²) in [5.74, 6) is -3.73. The molecule has 0 saturated heterocycles. The highest BCUT2D eigenvalue weighted by atomic mass is 19.4. The Bertz CT molecular complexity index is 569. The van der Waals surface area contributed by atoms with E-state index in [9.17, 15) is 22.8 Å². The second-order valence-electron chi connectivity index (χ2n) is 5.02. The number of carboxylic acid groups (broad SMARTS) is 1. The monoisotopic (exact) mass is 301 g/mol. The highest BCUT2D eigenvalue weighted by molar-refractivity contribution is 5.87. The second-order valence-corrected chi connectivity index (χ2v) is 5.02. The molecule has 0 spiro atoms. The van der Waals surface area contributed by atoms with Crippen LogP contribution < -0.4 is 5.32 Å². The molecule has 7 heteroatoms. The molecule has 0 aliphatic heterocycles. The molecular weight excluding hydrogens is 287 g/mol. The Morgan fingerprint density at radius 2 is 1.90 bits per heavy atom. The van der Waals surface area contributed by atoms with E-state index in [0.29, 0.717) is 5.56 Å². The number of carboxylic acids is 1. The van der Waals surface area contributed by atoms with Crippen LogP contribution >= 0.6 is 0 Å². The van der Waals surface area contributed by atoms with Crippen LogP contribution in [0.15, 0.2) is 18.2 Å². The van der Waals surface area contributed by atoms with Gasteiger partial charge in [0.05, 0.1) is 0 Å². The maximum atomic E-state index is 12.2. The van der Waals surface area contributed by atoms with E-state index < -0.39 is 24.1 Å². The summed E-state index contributed by atoms with van der Waals surface area (Å²) < 4.78 is 36.6. The van der Waals surface area contributed by atoms with Crippen molar-refractivity contribution in [1.82, 2.24) is 5.32 Å². The molecule has 2 N–H and O–H groups in total.